The Labute approximate surface area is 79.8 Å². The quantitative estimate of drug-likeness (QED) is 0.463. The molecule has 0 saturated heterocycles. The summed E-state index contributed by atoms with van der Waals surface area (Å²) in [7, 11) is 0. The van der Waals surface area contributed by atoms with Crippen LogP contribution in [-0.4, -0.2) is 42.8 Å². The second-order valence-electron chi connectivity index (χ2n) is 3.49. The molecule has 0 spiro atoms. The van der Waals surface area contributed by atoms with Gasteiger partial charge in [0.1, 0.15) is 0 Å². The summed E-state index contributed by atoms with van der Waals surface area (Å²) in [5, 5.41) is 32.0. The van der Waals surface area contributed by atoms with Gasteiger partial charge in [0.05, 0.1) is 0 Å². The van der Waals surface area contributed by atoms with Crippen LogP contribution in [0.1, 0.15) is 20.8 Å². The van der Waals surface area contributed by atoms with Crippen LogP contribution in [0.5, 0.6) is 0 Å². The van der Waals surface area contributed by atoms with E-state index in [1.807, 2.05) is 0 Å². The monoisotopic (exact) mass is 188 g/mol. The Morgan fingerprint density at radius 1 is 0.769 bits per heavy atom. The Hall–Kier alpha value is -0.160. The standard InChI is InChI=1S/C9H18NO3/c1-7(4-11)10(8(2)5-12)9(3)6-13/h7-9H,4-6H2,1-3H3/q-3. The molecule has 0 aliphatic heterocycles. The highest BCUT2D eigenvalue weighted by Gasteiger charge is 2.17. The Balaban J connectivity index is 4.34. The third-order valence-corrected chi connectivity index (χ3v) is 2.25. The van der Waals surface area contributed by atoms with Gasteiger partial charge in [-0.1, -0.05) is 20.8 Å². The van der Waals surface area contributed by atoms with E-state index in [9.17, 15) is 15.3 Å². The fourth-order valence-electron chi connectivity index (χ4n) is 1.56. The molecular formula is C9H18NO3-3. The molecule has 3 atom stereocenters. The third kappa shape index (κ3) is 3.60. The topological polar surface area (TPSA) is 72.4 Å². The van der Waals surface area contributed by atoms with Crippen LogP contribution in [0.3, 0.4) is 0 Å². The van der Waals surface area contributed by atoms with Crippen molar-refractivity contribution in [1.29, 1.82) is 0 Å². The molecule has 0 bridgehead atoms. The predicted octanol–water partition coefficient (Wildman–Crippen LogP) is -2.47. The molecule has 0 aromatic rings. The van der Waals surface area contributed by atoms with E-state index in [1.165, 1.54) is 0 Å². The minimum absolute atomic E-state index is 0.229. The summed E-state index contributed by atoms with van der Waals surface area (Å²) in [5.41, 5.74) is 0. The highest BCUT2D eigenvalue weighted by molar-refractivity contribution is 4.77. The highest BCUT2D eigenvalue weighted by Crippen LogP contribution is 2.08. The first-order valence-electron chi connectivity index (χ1n) is 4.60. The second kappa shape index (κ2) is 6.32. The second-order valence-corrected chi connectivity index (χ2v) is 3.49. The van der Waals surface area contributed by atoms with Crippen molar-refractivity contribution in [2.75, 3.05) is 19.8 Å². The SMILES string of the molecule is CC(C[O-])N(C(C)C[O-])C(C)C[O-]. The zero-order chi connectivity index (χ0) is 10.4. The van der Waals surface area contributed by atoms with Crippen LogP contribution in [0.15, 0.2) is 0 Å². The summed E-state index contributed by atoms with van der Waals surface area (Å²) in [6.07, 6.45) is 0. The number of nitrogens with zero attached hydrogens (tertiary/aromatic N) is 1. The molecule has 0 aromatic heterocycles. The van der Waals surface area contributed by atoms with Crippen molar-refractivity contribution in [2.45, 2.75) is 38.9 Å². The van der Waals surface area contributed by atoms with Crippen LogP contribution in [0.2, 0.25) is 0 Å². The van der Waals surface area contributed by atoms with E-state index in [0.29, 0.717) is 0 Å². The molecule has 0 saturated carbocycles. The summed E-state index contributed by atoms with van der Waals surface area (Å²) in [4.78, 5) is 1.73. The number of hydrogen-bond acceptors (Lipinski definition) is 4. The van der Waals surface area contributed by atoms with E-state index in [0.717, 1.165) is 0 Å². The van der Waals surface area contributed by atoms with Crippen LogP contribution >= 0.6 is 0 Å². The molecular weight excluding hydrogens is 170 g/mol. The molecule has 0 heterocycles. The van der Waals surface area contributed by atoms with Crippen molar-refractivity contribution < 1.29 is 15.3 Å². The number of hydrogen-bond donors (Lipinski definition) is 0. The molecule has 13 heavy (non-hydrogen) atoms. The molecule has 4 nitrogen and oxygen atoms in total. The van der Waals surface area contributed by atoms with Crippen LogP contribution in [-0.2, 0) is 0 Å². The lowest BCUT2D eigenvalue weighted by molar-refractivity contribution is -0.404. The molecule has 0 aliphatic carbocycles. The summed E-state index contributed by atoms with van der Waals surface area (Å²) in [5.74, 6) is 0. The Morgan fingerprint density at radius 2 is 1.00 bits per heavy atom. The molecule has 80 valence electrons. The van der Waals surface area contributed by atoms with Gasteiger partial charge in [-0.25, -0.2) is 0 Å². The fraction of sp³-hybridized carbons (Fsp3) is 1.00. The maximum Gasteiger partial charge on any atom is -0.00817 e. The average Bonchev–Trinajstić information content (AvgIpc) is 2.16. The smallest absolute Gasteiger partial charge is 0.00817 e. The maximum atomic E-state index is 10.7. The van der Waals surface area contributed by atoms with Crippen molar-refractivity contribution in [1.82, 2.24) is 4.90 Å². The molecule has 0 amide bonds. The predicted molar refractivity (Wildman–Crippen MR) is 44.8 cm³/mol. The van der Waals surface area contributed by atoms with Crippen molar-refractivity contribution in [2.24, 2.45) is 0 Å². The molecule has 0 N–H and O–H groups in total. The first-order chi connectivity index (χ1) is 6.08. The van der Waals surface area contributed by atoms with E-state index < -0.39 is 0 Å². The van der Waals surface area contributed by atoms with Crippen molar-refractivity contribution in [3.05, 3.63) is 0 Å². The fourth-order valence-corrected chi connectivity index (χ4v) is 1.56. The van der Waals surface area contributed by atoms with Crippen molar-refractivity contribution >= 4 is 0 Å². The van der Waals surface area contributed by atoms with E-state index >= 15 is 0 Å². The van der Waals surface area contributed by atoms with E-state index in [1.54, 1.807) is 25.7 Å². The Morgan fingerprint density at radius 3 is 1.15 bits per heavy atom. The molecule has 0 radical (unpaired) electrons. The van der Waals surface area contributed by atoms with Gasteiger partial charge in [0.15, 0.2) is 0 Å². The summed E-state index contributed by atoms with van der Waals surface area (Å²) < 4.78 is 0. The van der Waals surface area contributed by atoms with Gasteiger partial charge in [0.25, 0.3) is 0 Å². The first-order valence-corrected chi connectivity index (χ1v) is 4.60. The lowest BCUT2D eigenvalue weighted by atomic mass is 10.1. The number of rotatable bonds is 6. The van der Waals surface area contributed by atoms with Gasteiger partial charge in [-0.05, 0) is 18.1 Å². The first kappa shape index (κ1) is 12.8. The minimum atomic E-state index is -0.269. The van der Waals surface area contributed by atoms with E-state index in [2.05, 4.69) is 0 Å². The van der Waals surface area contributed by atoms with Gasteiger partial charge in [-0.2, -0.15) is 0 Å². The molecule has 0 aliphatic rings. The molecule has 0 aromatic carbocycles. The van der Waals surface area contributed by atoms with Crippen molar-refractivity contribution in [3.8, 4) is 0 Å². The van der Waals surface area contributed by atoms with Crippen molar-refractivity contribution in [3.63, 3.8) is 0 Å². The summed E-state index contributed by atoms with van der Waals surface area (Å²) in [6.45, 7) is 4.46. The molecule has 3 unspecified atom stereocenters. The van der Waals surface area contributed by atoms with Crippen LogP contribution in [0.4, 0.5) is 0 Å². The largest absolute Gasteiger partial charge is 0.853 e. The lowest BCUT2D eigenvalue weighted by Gasteiger charge is -2.43. The summed E-state index contributed by atoms with van der Waals surface area (Å²) >= 11 is 0. The van der Waals surface area contributed by atoms with Gasteiger partial charge in [0, 0.05) is 0 Å². The van der Waals surface area contributed by atoms with Crippen LogP contribution < -0.4 is 15.3 Å². The van der Waals surface area contributed by atoms with Gasteiger partial charge in [-0.3, -0.25) is 4.90 Å². The zero-order valence-corrected chi connectivity index (χ0v) is 8.53. The van der Waals surface area contributed by atoms with E-state index in [4.69, 9.17) is 0 Å². The van der Waals surface area contributed by atoms with Gasteiger partial charge < -0.3 is 15.3 Å². The molecule has 0 fully saturated rings. The highest BCUT2D eigenvalue weighted by atomic mass is 16.3. The minimum Gasteiger partial charge on any atom is -0.853 e. The maximum absolute atomic E-state index is 10.7. The molecule has 4 heteroatoms. The van der Waals surface area contributed by atoms with Gasteiger partial charge in [-0.15, -0.1) is 19.8 Å². The van der Waals surface area contributed by atoms with Gasteiger partial charge >= 0.3 is 0 Å². The lowest BCUT2D eigenvalue weighted by Crippen LogP contribution is -2.55. The zero-order valence-electron chi connectivity index (χ0n) is 8.53. The summed E-state index contributed by atoms with van der Waals surface area (Å²) in [6, 6.07) is -0.686. The average molecular weight is 188 g/mol. The molecule has 0 rings (SSSR count). The van der Waals surface area contributed by atoms with Crippen LogP contribution in [0.25, 0.3) is 0 Å². The normalized spacial score (nSPS) is 18.7. The van der Waals surface area contributed by atoms with Crippen LogP contribution in [0, 0.1) is 0 Å². The Kier molecular flexibility index (Phi) is 6.24. The van der Waals surface area contributed by atoms with Gasteiger partial charge in [0.2, 0.25) is 0 Å². The van der Waals surface area contributed by atoms with E-state index in [-0.39, 0.29) is 37.9 Å². The third-order valence-electron chi connectivity index (χ3n) is 2.25. The Bertz CT molecular complexity index is 108.